The molecule has 236 valence electrons. The molecule has 2 amide bonds. The molecule has 1 unspecified atom stereocenters. The van der Waals surface area contributed by atoms with Crippen molar-refractivity contribution in [1.29, 1.82) is 0 Å². The number of thioether (sulfide) groups is 1. The molecule has 0 aliphatic rings. The molecule has 0 aliphatic carbocycles. The lowest BCUT2D eigenvalue weighted by Gasteiger charge is -2.34. The van der Waals surface area contributed by atoms with Crippen LogP contribution in [0, 0.1) is 5.82 Å². The fourth-order valence-electron chi connectivity index (χ4n) is 4.86. The fraction of sp³-hybridized carbons (Fsp3) is 0.235. The van der Waals surface area contributed by atoms with Crippen LogP contribution >= 0.6 is 11.8 Å². The number of nitrogens with zero attached hydrogens (tertiary/aromatic N) is 2. The van der Waals surface area contributed by atoms with Crippen molar-refractivity contribution in [3.8, 4) is 5.75 Å². The number of hydrogen-bond donors (Lipinski definition) is 1. The highest BCUT2D eigenvalue weighted by atomic mass is 32.2. The number of nitrogens with one attached hydrogen (secondary N) is 1. The predicted octanol–water partition coefficient (Wildman–Crippen LogP) is 5.53. The third kappa shape index (κ3) is 8.23. The van der Waals surface area contributed by atoms with Gasteiger partial charge in [-0.25, -0.2) is 12.8 Å². The number of ether oxygens (including phenoxy) is 1. The summed E-state index contributed by atoms with van der Waals surface area (Å²) in [5.74, 6) is -1.45. The molecule has 0 saturated carbocycles. The van der Waals surface area contributed by atoms with Crippen molar-refractivity contribution in [2.45, 2.75) is 35.7 Å². The van der Waals surface area contributed by atoms with E-state index in [1.165, 1.54) is 54.0 Å². The summed E-state index contributed by atoms with van der Waals surface area (Å²) < 4.78 is 50.3. The quantitative estimate of drug-likeness (QED) is 0.181. The Morgan fingerprint density at radius 2 is 1.56 bits per heavy atom. The summed E-state index contributed by atoms with van der Waals surface area (Å²) >= 11 is 1.47. The van der Waals surface area contributed by atoms with Gasteiger partial charge in [0.15, 0.2) is 0 Å². The molecule has 11 heteroatoms. The molecule has 1 atom stereocenters. The molecule has 0 spiro atoms. The second kappa shape index (κ2) is 15.6. The number of hydrogen-bond acceptors (Lipinski definition) is 6. The van der Waals surface area contributed by atoms with Crippen LogP contribution in [0.1, 0.15) is 18.1 Å². The Balaban J connectivity index is 1.83. The molecular weight excluding hydrogens is 614 g/mol. The van der Waals surface area contributed by atoms with Gasteiger partial charge in [-0.2, -0.15) is 0 Å². The summed E-state index contributed by atoms with van der Waals surface area (Å²) in [6.07, 6.45) is 2.01. The van der Waals surface area contributed by atoms with Gasteiger partial charge in [-0.05, 0) is 61.2 Å². The highest BCUT2D eigenvalue weighted by molar-refractivity contribution is 7.98. The van der Waals surface area contributed by atoms with Gasteiger partial charge in [0.1, 0.15) is 24.2 Å². The van der Waals surface area contributed by atoms with Crippen LogP contribution < -0.4 is 14.4 Å². The average molecular weight is 650 g/mol. The van der Waals surface area contributed by atoms with Gasteiger partial charge in [-0.1, -0.05) is 60.7 Å². The summed E-state index contributed by atoms with van der Waals surface area (Å²) in [4.78, 5) is 29.9. The molecule has 4 aromatic carbocycles. The fourth-order valence-corrected chi connectivity index (χ4v) is 6.69. The van der Waals surface area contributed by atoms with Crippen LogP contribution in [0.25, 0.3) is 0 Å². The van der Waals surface area contributed by atoms with Gasteiger partial charge in [-0.15, -0.1) is 11.8 Å². The van der Waals surface area contributed by atoms with Gasteiger partial charge in [0.05, 0.1) is 17.2 Å². The molecule has 0 radical (unpaired) electrons. The van der Waals surface area contributed by atoms with E-state index in [4.69, 9.17) is 4.74 Å². The minimum absolute atomic E-state index is 0.0211. The van der Waals surface area contributed by atoms with E-state index in [9.17, 15) is 22.4 Å². The number of anilines is 1. The van der Waals surface area contributed by atoms with Crippen LogP contribution in [-0.2, 0) is 32.6 Å². The van der Waals surface area contributed by atoms with E-state index in [1.807, 2.05) is 36.6 Å². The Hall–Kier alpha value is -4.35. The van der Waals surface area contributed by atoms with Crippen LogP contribution in [0.15, 0.2) is 113 Å². The predicted molar refractivity (Wildman–Crippen MR) is 175 cm³/mol. The second-order valence-corrected chi connectivity index (χ2v) is 12.8. The molecule has 8 nitrogen and oxygen atoms in total. The smallest absolute Gasteiger partial charge is 0.264 e. The number of carbonyl (C=O) groups is 2. The standard InChI is InChI=1S/C34H36FN3O5S2/c1-4-43-32-17-11-10-16-30(32)38(45(41,42)28-20-18-27(44-3)19-21-28)24-33(39)37(23-26-14-8-9-15-29(26)35)31(34(40)36-2)22-25-12-6-5-7-13-25/h5-21,31H,4,22-24H2,1-3H3,(H,36,40). The van der Waals surface area contributed by atoms with Crippen LogP contribution in [0.2, 0.25) is 0 Å². The maximum atomic E-state index is 15.0. The van der Waals surface area contributed by atoms with Gasteiger partial charge in [-0.3, -0.25) is 13.9 Å². The third-order valence-corrected chi connectivity index (χ3v) is 9.69. The summed E-state index contributed by atoms with van der Waals surface area (Å²) in [5.41, 5.74) is 1.12. The Labute approximate surface area is 268 Å². The van der Waals surface area contributed by atoms with Gasteiger partial charge < -0.3 is 15.0 Å². The largest absolute Gasteiger partial charge is 0.492 e. The highest BCUT2D eigenvalue weighted by Gasteiger charge is 2.35. The normalized spacial score (nSPS) is 11.8. The molecular formula is C34H36FN3O5S2. The monoisotopic (exact) mass is 649 g/mol. The van der Waals surface area contributed by atoms with E-state index in [2.05, 4.69) is 5.32 Å². The number of para-hydroxylation sites is 2. The van der Waals surface area contributed by atoms with Crippen LogP contribution in [0.4, 0.5) is 10.1 Å². The van der Waals surface area contributed by atoms with E-state index >= 15 is 0 Å². The average Bonchev–Trinajstić information content (AvgIpc) is 3.06. The number of halogens is 1. The van der Waals surface area contributed by atoms with E-state index in [0.29, 0.717) is 0 Å². The molecule has 0 heterocycles. The van der Waals surface area contributed by atoms with E-state index < -0.39 is 40.2 Å². The first kappa shape index (κ1) is 33.5. The minimum Gasteiger partial charge on any atom is -0.492 e. The first-order valence-electron chi connectivity index (χ1n) is 14.4. The number of sulfonamides is 1. The lowest BCUT2D eigenvalue weighted by molar-refractivity contribution is -0.139. The molecule has 0 aromatic heterocycles. The molecule has 1 N–H and O–H groups in total. The Morgan fingerprint density at radius 1 is 0.911 bits per heavy atom. The number of likely N-dealkylation sites (N-methyl/N-ethyl adjacent to an activating group) is 1. The molecule has 45 heavy (non-hydrogen) atoms. The van der Waals surface area contributed by atoms with E-state index in [-0.39, 0.29) is 41.5 Å². The van der Waals surface area contributed by atoms with Crippen molar-refractivity contribution in [1.82, 2.24) is 10.2 Å². The lowest BCUT2D eigenvalue weighted by atomic mass is 10.0. The Kier molecular flexibility index (Phi) is 11.6. The number of amides is 2. The number of rotatable bonds is 14. The molecule has 4 aromatic rings. The Bertz CT molecular complexity index is 1700. The van der Waals surface area contributed by atoms with Crippen molar-refractivity contribution in [3.63, 3.8) is 0 Å². The molecule has 0 saturated heterocycles. The summed E-state index contributed by atoms with van der Waals surface area (Å²) in [7, 11) is -2.86. The van der Waals surface area contributed by atoms with Crippen LogP contribution in [-0.4, -0.2) is 57.6 Å². The van der Waals surface area contributed by atoms with Crippen molar-refractivity contribution in [2.75, 3.05) is 30.8 Å². The topological polar surface area (TPSA) is 96.0 Å². The zero-order valence-corrected chi connectivity index (χ0v) is 27.0. The van der Waals surface area contributed by atoms with Crippen molar-refractivity contribution < 1.29 is 27.1 Å². The molecule has 0 aliphatic heterocycles. The van der Waals surface area contributed by atoms with Crippen LogP contribution in [0.5, 0.6) is 5.75 Å². The SMILES string of the molecule is CCOc1ccccc1N(CC(=O)N(Cc1ccccc1F)C(Cc1ccccc1)C(=O)NC)S(=O)(=O)c1ccc(SC)cc1. The van der Waals surface area contributed by atoms with Gasteiger partial charge in [0.25, 0.3) is 10.0 Å². The van der Waals surface area contributed by atoms with Crippen LogP contribution in [0.3, 0.4) is 0 Å². The van der Waals surface area contributed by atoms with Crippen molar-refractivity contribution >= 4 is 39.3 Å². The van der Waals surface area contributed by atoms with E-state index in [1.54, 1.807) is 49.4 Å². The summed E-state index contributed by atoms with van der Waals surface area (Å²) in [6, 6.07) is 27.0. The van der Waals surface area contributed by atoms with Gasteiger partial charge in [0.2, 0.25) is 11.8 Å². The summed E-state index contributed by atoms with van der Waals surface area (Å²) in [6.45, 7) is 1.10. The lowest BCUT2D eigenvalue weighted by Crippen LogP contribution is -2.53. The molecule has 4 rings (SSSR count). The third-order valence-electron chi connectivity index (χ3n) is 7.18. The molecule has 0 fully saturated rings. The summed E-state index contributed by atoms with van der Waals surface area (Å²) in [5, 5.41) is 2.62. The first-order valence-corrected chi connectivity index (χ1v) is 17.0. The second-order valence-electron chi connectivity index (χ2n) is 10.0. The van der Waals surface area contributed by atoms with E-state index in [0.717, 1.165) is 14.8 Å². The molecule has 0 bridgehead atoms. The zero-order valence-electron chi connectivity index (χ0n) is 25.4. The number of benzene rings is 4. The Morgan fingerprint density at radius 3 is 2.20 bits per heavy atom. The maximum Gasteiger partial charge on any atom is 0.264 e. The minimum atomic E-state index is -4.32. The first-order chi connectivity index (χ1) is 21.7. The maximum absolute atomic E-state index is 15.0. The van der Waals surface area contributed by atoms with Gasteiger partial charge in [0, 0.05) is 30.5 Å². The van der Waals surface area contributed by atoms with Crippen molar-refractivity contribution in [3.05, 3.63) is 120 Å². The highest BCUT2D eigenvalue weighted by Crippen LogP contribution is 2.33. The number of carbonyl (C=O) groups excluding carboxylic acids is 2. The zero-order chi connectivity index (χ0) is 32.4. The van der Waals surface area contributed by atoms with Crippen molar-refractivity contribution in [2.24, 2.45) is 0 Å². The van der Waals surface area contributed by atoms with Gasteiger partial charge >= 0.3 is 0 Å².